The summed E-state index contributed by atoms with van der Waals surface area (Å²) in [7, 11) is 0. The highest BCUT2D eigenvalue weighted by atomic mass is 16.5. The number of para-hydroxylation sites is 1. The molecule has 0 atom stereocenters. The number of ether oxygens (including phenoxy) is 1. The third-order valence-corrected chi connectivity index (χ3v) is 5.02. The average Bonchev–Trinajstić information content (AvgIpc) is 2.98. The van der Waals surface area contributed by atoms with Crippen molar-refractivity contribution in [1.82, 2.24) is 0 Å². The Kier molecular flexibility index (Phi) is 4.91. The number of benzene rings is 2. The second kappa shape index (κ2) is 7.65. The Hall–Kier alpha value is -2.75. The first-order valence-electron chi connectivity index (χ1n) is 9.38. The lowest BCUT2D eigenvalue weighted by Crippen LogP contribution is -2.24. The molecule has 4 heteroatoms. The molecule has 1 saturated heterocycles. The van der Waals surface area contributed by atoms with Crippen LogP contribution in [0, 0.1) is 0 Å². The summed E-state index contributed by atoms with van der Waals surface area (Å²) in [6.07, 6.45) is 7.07. The highest BCUT2D eigenvalue weighted by molar-refractivity contribution is 6.07. The molecule has 0 aromatic heterocycles. The topological polar surface area (TPSA) is 41.6 Å². The molecule has 4 nitrogen and oxygen atoms in total. The fourth-order valence-corrected chi connectivity index (χ4v) is 3.54. The number of amides is 1. The van der Waals surface area contributed by atoms with Crippen molar-refractivity contribution in [2.24, 2.45) is 0 Å². The first-order valence-corrected chi connectivity index (χ1v) is 9.38. The van der Waals surface area contributed by atoms with E-state index in [2.05, 4.69) is 22.3 Å². The van der Waals surface area contributed by atoms with Gasteiger partial charge >= 0.3 is 0 Å². The molecule has 1 N–H and O–H groups in total. The Labute approximate surface area is 154 Å². The standard InChI is InChI=1S/C22H24N2O2/c25-22(18-15-17-7-3-4-8-21(17)26-16-18)23-19-9-11-20(12-10-19)24-13-5-1-2-6-14-24/h3-4,7-12,15H,1-2,5-6,13-14,16H2,(H,23,25). The van der Waals surface area contributed by atoms with E-state index in [4.69, 9.17) is 4.74 Å². The molecule has 0 bridgehead atoms. The van der Waals surface area contributed by atoms with Crippen molar-refractivity contribution in [2.45, 2.75) is 25.7 Å². The Morgan fingerprint density at radius 3 is 2.42 bits per heavy atom. The molecule has 134 valence electrons. The van der Waals surface area contributed by atoms with Gasteiger partial charge in [0, 0.05) is 30.0 Å². The number of hydrogen-bond donors (Lipinski definition) is 1. The van der Waals surface area contributed by atoms with E-state index in [0.717, 1.165) is 30.1 Å². The van der Waals surface area contributed by atoms with Gasteiger partial charge < -0.3 is 15.0 Å². The van der Waals surface area contributed by atoms with Crippen molar-refractivity contribution in [3.63, 3.8) is 0 Å². The third kappa shape index (κ3) is 3.74. The fraction of sp³-hybridized carbons (Fsp3) is 0.318. The predicted molar refractivity (Wildman–Crippen MR) is 106 cm³/mol. The number of carbonyl (C=O) groups is 1. The van der Waals surface area contributed by atoms with Gasteiger partial charge in [0.1, 0.15) is 12.4 Å². The van der Waals surface area contributed by atoms with Crippen molar-refractivity contribution in [3.8, 4) is 5.75 Å². The zero-order valence-electron chi connectivity index (χ0n) is 14.9. The van der Waals surface area contributed by atoms with Gasteiger partial charge in [0.05, 0.1) is 5.57 Å². The molecule has 2 aromatic rings. The highest BCUT2D eigenvalue weighted by Gasteiger charge is 2.17. The Bertz CT molecular complexity index is 803. The Balaban J connectivity index is 1.43. The molecule has 0 saturated carbocycles. The summed E-state index contributed by atoms with van der Waals surface area (Å²) in [6.45, 7) is 2.54. The van der Waals surface area contributed by atoms with Crippen molar-refractivity contribution in [2.75, 3.05) is 29.9 Å². The second-order valence-corrected chi connectivity index (χ2v) is 6.90. The molecule has 2 aliphatic heterocycles. The maximum absolute atomic E-state index is 12.5. The Morgan fingerprint density at radius 1 is 0.923 bits per heavy atom. The van der Waals surface area contributed by atoms with Crippen LogP contribution in [0.25, 0.3) is 6.08 Å². The van der Waals surface area contributed by atoms with E-state index in [9.17, 15) is 4.79 Å². The maximum atomic E-state index is 12.5. The number of carbonyl (C=O) groups excluding carboxylic acids is 1. The number of hydrogen-bond acceptors (Lipinski definition) is 3. The Morgan fingerprint density at radius 2 is 1.65 bits per heavy atom. The minimum atomic E-state index is -0.109. The maximum Gasteiger partial charge on any atom is 0.255 e. The molecule has 1 amide bonds. The van der Waals surface area contributed by atoms with E-state index in [-0.39, 0.29) is 5.91 Å². The normalized spacial score (nSPS) is 16.8. The largest absolute Gasteiger partial charge is 0.488 e. The predicted octanol–water partition coefficient (Wildman–Crippen LogP) is 4.48. The van der Waals surface area contributed by atoms with Crippen LogP contribution in [0.3, 0.4) is 0 Å². The van der Waals surface area contributed by atoms with Gasteiger partial charge in [0.2, 0.25) is 0 Å². The van der Waals surface area contributed by atoms with Crippen LogP contribution >= 0.6 is 0 Å². The summed E-state index contributed by atoms with van der Waals surface area (Å²) in [4.78, 5) is 15.0. The van der Waals surface area contributed by atoms with Gasteiger partial charge in [-0.1, -0.05) is 31.0 Å². The van der Waals surface area contributed by atoms with Crippen LogP contribution in [0.4, 0.5) is 11.4 Å². The quantitative estimate of drug-likeness (QED) is 0.889. The lowest BCUT2D eigenvalue weighted by Gasteiger charge is -2.23. The van der Waals surface area contributed by atoms with Gasteiger partial charge in [0.15, 0.2) is 0 Å². The van der Waals surface area contributed by atoms with Gasteiger partial charge in [-0.3, -0.25) is 4.79 Å². The van der Waals surface area contributed by atoms with Crippen LogP contribution in [-0.2, 0) is 4.79 Å². The SMILES string of the molecule is O=C(Nc1ccc(N2CCCCCC2)cc1)C1=Cc2ccccc2OC1. The molecule has 4 rings (SSSR count). The molecule has 1 fully saturated rings. The van der Waals surface area contributed by atoms with Crippen LogP contribution in [0.15, 0.2) is 54.1 Å². The number of anilines is 2. The number of fused-ring (bicyclic) bond motifs is 1. The van der Waals surface area contributed by atoms with Crippen molar-refractivity contribution >= 4 is 23.4 Å². The summed E-state index contributed by atoms with van der Waals surface area (Å²) in [6, 6.07) is 15.9. The molecule has 26 heavy (non-hydrogen) atoms. The minimum Gasteiger partial charge on any atom is -0.488 e. The van der Waals surface area contributed by atoms with E-state index in [1.807, 2.05) is 42.5 Å². The first-order chi connectivity index (χ1) is 12.8. The summed E-state index contributed by atoms with van der Waals surface area (Å²) >= 11 is 0. The van der Waals surface area contributed by atoms with Gasteiger partial charge in [-0.25, -0.2) is 0 Å². The van der Waals surface area contributed by atoms with Crippen molar-refractivity contribution < 1.29 is 9.53 Å². The zero-order valence-corrected chi connectivity index (χ0v) is 14.9. The molecule has 0 radical (unpaired) electrons. The monoisotopic (exact) mass is 348 g/mol. The summed E-state index contributed by atoms with van der Waals surface area (Å²) < 4.78 is 5.67. The van der Waals surface area contributed by atoms with E-state index < -0.39 is 0 Å². The number of rotatable bonds is 3. The summed E-state index contributed by atoms with van der Waals surface area (Å²) in [5, 5.41) is 2.98. The summed E-state index contributed by atoms with van der Waals surface area (Å²) in [5.41, 5.74) is 3.63. The van der Waals surface area contributed by atoms with Gasteiger partial charge in [-0.05, 0) is 49.2 Å². The molecule has 2 heterocycles. The van der Waals surface area contributed by atoms with E-state index in [1.54, 1.807) is 0 Å². The molecule has 0 aliphatic carbocycles. The number of nitrogens with one attached hydrogen (secondary N) is 1. The van der Waals surface area contributed by atoms with E-state index in [0.29, 0.717) is 12.2 Å². The lowest BCUT2D eigenvalue weighted by atomic mass is 10.1. The van der Waals surface area contributed by atoms with Crippen LogP contribution in [0.1, 0.15) is 31.2 Å². The van der Waals surface area contributed by atoms with Crippen molar-refractivity contribution in [1.29, 1.82) is 0 Å². The van der Waals surface area contributed by atoms with Gasteiger partial charge in [-0.15, -0.1) is 0 Å². The first kappa shape index (κ1) is 16.7. The van der Waals surface area contributed by atoms with Crippen LogP contribution in [0.5, 0.6) is 5.75 Å². The lowest BCUT2D eigenvalue weighted by molar-refractivity contribution is -0.113. The van der Waals surface area contributed by atoms with Crippen molar-refractivity contribution in [3.05, 3.63) is 59.7 Å². The van der Waals surface area contributed by atoms with Gasteiger partial charge in [0.25, 0.3) is 5.91 Å². The third-order valence-electron chi connectivity index (χ3n) is 5.02. The molecule has 2 aliphatic rings. The zero-order chi connectivity index (χ0) is 17.8. The van der Waals surface area contributed by atoms with E-state index >= 15 is 0 Å². The summed E-state index contributed by atoms with van der Waals surface area (Å²) in [5.74, 6) is 0.716. The van der Waals surface area contributed by atoms with Crippen LogP contribution in [0.2, 0.25) is 0 Å². The fourth-order valence-electron chi connectivity index (χ4n) is 3.54. The second-order valence-electron chi connectivity index (χ2n) is 6.90. The van der Waals surface area contributed by atoms with E-state index in [1.165, 1.54) is 31.4 Å². The van der Waals surface area contributed by atoms with Crippen LogP contribution < -0.4 is 15.0 Å². The van der Waals surface area contributed by atoms with Gasteiger partial charge in [-0.2, -0.15) is 0 Å². The minimum absolute atomic E-state index is 0.109. The molecule has 0 unspecified atom stereocenters. The molecular formula is C22H24N2O2. The number of nitrogens with zero attached hydrogens (tertiary/aromatic N) is 1. The highest BCUT2D eigenvalue weighted by Crippen LogP contribution is 2.27. The van der Waals surface area contributed by atoms with Crippen LogP contribution in [-0.4, -0.2) is 25.6 Å². The molecule has 0 spiro atoms. The molecule has 2 aromatic carbocycles. The average molecular weight is 348 g/mol. The molecular weight excluding hydrogens is 324 g/mol. The smallest absolute Gasteiger partial charge is 0.255 e.